The molecule has 0 aromatic heterocycles. The summed E-state index contributed by atoms with van der Waals surface area (Å²) in [6.07, 6.45) is 24.7. The number of carbonyl (C=O) groups is 1. The summed E-state index contributed by atoms with van der Waals surface area (Å²) < 4.78 is 0.515. The smallest absolute Gasteiger partial charge is 0.366 e. The molecule has 0 radical (unpaired) electrons. The summed E-state index contributed by atoms with van der Waals surface area (Å²) in [6, 6.07) is 0. The van der Waals surface area contributed by atoms with E-state index in [4.69, 9.17) is 0 Å². The molecular formula is C27H54NO2+. The number of quaternary nitrogens is 1. The maximum absolute atomic E-state index is 12.5. The molecule has 30 heavy (non-hydrogen) atoms. The zero-order chi connectivity index (χ0) is 22.5. The first-order valence-electron chi connectivity index (χ1n) is 13.3. The van der Waals surface area contributed by atoms with E-state index in [9.17, 15) is 9.90 Å². The largest absolute Gasteiger partial charge is 0.477 e. The Hall–Kier alpha value is -0.570. The number of hydrogen-bond donors (Lipinski definition) is 1. The molecule has 0 aromatic rings. The topological polar surface area (TPSA) is 37.3 Å². The Morgan fingerprint density at radius 1 is 0.767 bits per heavy atom. The quantitative estimate of drug-likeness (QED) is 0.190. The van der Waals surface area contributed by atoms with E-state index in [2.05, 4.69) is 28.1 Å². The van der Waals surface area contributed by atoms with Crippen LogP contribution in [0.5, 0.6) is 0 Å². The molecule has 1 atom stereocenters. The molecule has 0 spiro atoms. The second-order valence-electron chi connectivity index (χ2n) is 11.2. The van der Waals surface area contributed by atoms with Crippen molar-refractivity contribution in [2.24, 2.45) is 5.41 Å². The van der Waals surface area contributed by atoms with Crippen LogP contribution in [0.15, 0.2) is 0 Å². The monoisotopic (exact) mass is 424 g/mol. The Labute approximate surface area is 188 Å². The molecule has 1 unspecified atom stereocenters. The van der Waals surface area contributed by atoms with Crippen molar-refractivity contribution >= 4 is 5.97 Å². The van der Waals surface area contributed by atoms with Gasteiger partial charge in [0.25, 0.3) is 0 Å². The standard InChI is InChI=1S/C27H53NO2/c1-6-7-8-9-10-11-12-13-14-15-16-17-19-22-27(23-20-18-21-24-27)26(2,25(29)30)28(3,4)5/h6-24H2,1-5H3/p+1. The van der Waals surface area contributed by atoms with Crippen LogP contribution in [0, 0.1) is 5.41 Å². The zero-order valence-electron chi connectivity index (χ0n) is 21.2. The summed E-state index contributed by atoms with van der Waals surface area (Å²) in [6.45, 7) is 4.31. The predicted molar refractivity (Wildman–Crippen MR) is 130 cm³/mol. The Morgan fingerprint density at radius 2 is 1.17 bits per heavy atom. The summed E-state index contributed by atoms with van der Waals surface area (Å²) in [4.78, 5) is 12.5. The zero-order valence-corrected chi connectivity index (χ0v) is 21.2. The predicted octanol–water partition coefficient (Wildman–Crippen LogP) is 7.97. The lowest BCUT2D eigenvalue weighted by Gasteiger charge is -2.54. The molecule has 1 N–H and O–H groups in total. The molecule has 0 aliphatic heterocycles. The summed E-state index contributed by atoms with van der Waals surface area (Å²) in [5.74, 6) is -0.605. The normalized spacial score (nSPS) is 18.8. The molecule has 0 saturated heterocycles. The Morgan fingerprint density at radius 3 is 1.53 bits per heavy atom. The van der Waals surface area contributed by atoms with Gasteiger partial charge in [-0.1, -0.05) is 110 Å². The van der Waals surface area contributed by atoms with Gasteiger partial charge in [0, 0.05) is 12.3 Å². The van der Waals surface area contributed by atoms with Gasteiger partial charge in [0.2, 0.25) is 0 Å². The second kappa shape index (κ2) is 13.8. The molecule has 3 heteroatoms. The van der Waals surface area contributed by atoms with Gasteiger partial charge in [-0.2, -0.15) is 0 Å². The molecule has 0 heterocycles. The van der Waals surface area contributed by atoms with Crippen LogP contribution in [-0.4, -0.2) is 42.2 Å². The molecular weight excluding hydrogens is 370 g/mol. The van der Waals surface area contributed by atoms with Gasteiger partial charge in [-0.15, -0.1) is 0 Å². The highest BCUT2D eigenvalue weighted by Crippen LogP contribution is 2.52. The van der Waals surface area contributed by atoms with E-state index in [0.717, 1.165) is 19.3 Å². The van der Waals surface area contributed by atoms with Crippen molar-refractivity contribution in [1.29, 1.82) is 0 Å². The summed E-state index contributed by atoms with van der Waals surface area (Å²) in [7, 11) is 6.23. The summed E-state index contributed by atoms with van der Waals surface area (Å²) in [5.41, 5.74) is -0.752. The van der Waals surface area contributed by atoms with E-state index in [1.165, 1.54) is 103 Å². The van der Waals surface area contributed by atoms with E-state index in [0.29, 0.717) is 4.48 Å². The van der Waals surface area contributed by atoms with Gasteiger partial charge in [0.05, 0.1) is 21.1 Å². The first-order chi connectivity index (χ1) is 14.2. The highest BCUT2D eigenvalue weighted by molar-refractivity contribution is 5.78. The number of nitrogens with zero attached hydrogens (tertiary/aromatic N) is 1. The molecule has 1 rings (SSSR count). The fourth-order valence-electron chi connectivity index (χ4n) is 5.92. The van der Waals surface area contributed by atoms with Crippen LogP contribution in [-0.2, 0) is 4.79 Å². The Kier molecular flexibility index (Phi) is 12.6. The van der Waals surface area contributed by atoms with Crippen LogP contribution in [0.3, 0.4) is 0 Å². The van der Waals surface area contributed by atoms with Gasteiger partial charge >= 0.3 is 5.97 Å². The van der Waals surface area contributed by atoms with E-state index >= 15 is 0 Å². The number of rotatable bonds is 17. The van der Waals surface area contributed by atoms with Crippen molar-refractivity contribution in [3.63, 3.8) is 0 Å². The van der Waals surface area contributed by atoms with E-state index in [1.807, 2.05) is 6.92 Å². The van der Waals surface area contributed by atoms with Gasteiger partial charge in [-0.05, 0) is 19.3 Å². The molecule has 0 amide bonds. The SMILES string of the molecule is CCCCCCCCCCCCCCCC1(C(C)(C(=O)O)[N+](C)(C)C)CCCCC1. The van der Waals surface area contributed by atoms with Gasteiger partial charge in [-0.3, -0.25) is 0 Å². The molecule has 178 valence electrons. The number of aliphatic carboxylic acids is 1. The molecule has 1 aliphatic rings. The number of unbranched alkanes of at least 4 members (excludes halogenated alkanes) is 12. The van der Waals surface area contributed by atoms with E-state index in [-0.39, 0.29) is 5.41 Å². The van der Waals surface area contributed by atoms with Crippen LogP contribution in [0.4, 0.5) is 0 Å². The number of likely N-dealkylation sites (N-methyl/N-ethyl adjacent to an activating group) is 1. The van der Waals surface area contributed by atoms with Crippen molar-refractivity contribution in [3.05, 3.63) is 0 Å². The fraction of sp³-hybridized carbons (Fsp3) is 0.963. The van der Waals surface area contributed by atoms with Crippen LogP contribution >= 0.6 is 0 Å². The summed E-state index contributed by atoms with van der Waals surface area (Å²) in [5, 5.41) is 10.3. The van der Waals surface area contributed by atoms with Gasteiger partial charge in [0.15, 0.2) is 5.54 Å². The van der Waals surface area contributed by atoms with Crippen LogP contribution in [0.1, 0.15) is 136 Å². The third-order valence-electron chi connectivity index (χ3n) is 8.36. The Bertz CT molecular complexity index is 462. The van der Waals surface area contributed by atoms with Crippen molar-refractivity contribution in [3.8, 4) is 0 Å². The fourth-order valence-corrected chi connectivity index (χ4v) is 5.92. The van der Waals surface area contributed by atoms with Crippen molar-refractivity contribution < 1.29 is 14.4 Å². The molecule has 1 aliphatic carbocycles. The first kappa shape index (κ1) is 27.5. The number of carboxylic acids is 1. The van der Waals surface area contributed by atoms with Crippen molar-refractivity contribution in [2.45, 2.75) is 141 Å². The minimum atomic E-state index is -0.704. The molecule has 1 saturated carbocycles. The maximum atomic E-state index is 12.5. The molecule has 0 aromatic carbocycles. The van der Waals surface area contributed by atoms with E-state index < -0.39 is 11.5 Å². The van der Waals surface area contributed by atoms with Crippen molar-refractivity contribution in [1.82, 2.24) is 0 Å². The number of carboxylic acid groups (broad SMARTS) is 1. The third-order valence-corrected chi connectivity index (χ3v) is 8.36. The average molecular weight is 425 g/mol. The number of hydrogen-bond acceptors (Lipinski definition) is 1. The molecule has 0 bridgehead atoms. The van der Waals surface area contributed by atoms with Crippen LogP contribution in [0.2, 0.25) is 0 Å². The van der Waals surface area contributed by atoms with Gasteiger partial charge in [0.1, 0.15) is 0 Å². The summed E-state index contributed by atoms with van der Waals surface area (Å²) >= 11 is 0. The maximum Gasteiger partial charge on any atom is 0.366 e. The van der Waals surface area contributed by atoms with E-state index in [1.54, 1.807) is 0 Å². The Balaban J connectivity index is 2.34. The van der Waals surface area contributed by atoms with Gasteiger partial charge in [-0.25, -0.2) is 4.79 Å². The minimum Gasteiger partial charge on any atom is -0.477 e. The minimum absolute atomic E-state index is 0.0485. The van der Waals surface area contributed by atoms with Crippen molar-refractivity contribution in [2.75, 3.05) is 21.1 Å². The van der Waals surface area contributed by atoms with Crippen LogP contribution in [0.25, 0.3) is 0 Å². The average Bonchev–Trinajstić information content (AvgIpc) is 2.70. The first-order valence-corrected chi connectivity index (χ1v) is 13.3. The molecule has 3 nitrogen and oxygen atoms in total. The lowest BCUT2D eigenvalue weighted by molar-refractivity contribution is -0.921. The highest BCUT2D eigenvalue weighted by atomic mass is 16.4. The molecule has 1 fully saturated rings. The lowest BCUT2D eigenvalue weighted by atomic mass is 9.58. The lowest BCUT2D eigenvalue weighted by Crippen LogP contribution is -2.69. The second-order valence-corrected chi connectivity index (χ2v) is 11.2. The highest BCUT2D eigenvalue weighted by Gasteiger charge is 2.61. The van der Waals surface area contributed by atoms with Crippen LogP contribution < -0.4 is 0 Å². The van der Waals surface area contributed by atoms with Gasteiger partial charge < -0.3 is 9.59 Å². The third kappa shape index (κ3) is 7.84.